The van der Waals surface area contributed by atoms with Crippen molar-refractivity contribution in [3.63, 3.8) is 0 Å². The van der Waals surface area contributed by atoms with E-state index < -0.39 is 29.0 Å². The summed E-state index contributed by atoms with van der Waals surface area (Å²) in [6.07, 6.45) is 0.750. The molecule has 1 aromatic rings. The third-order valence-electron chi connectivity index (χ3n) is 4.48. The van der Waals surface area contributed by atoms with Crippen molar-refractivity contribution >= 4 is 11.8 Å². The third kappa shape index (κ3) is 5.92. The second-order valence-corrected chi connectivity index (χ2v) is 8.17. The van der Waals surface area contributed by atoms with Crippen molar-refractivity contribution in [2.24, 2.45) is 5.92 Å². The fraction of sp³-hybridized carbons (Fsp3) is 0.619. The monoisotopic (exact) mass is 363 g/mol. The van der Waals surface area contributed by atoms with Gasteiger partial charge >= 0.3 is 5.97 Å². The van der Waals surface area contributed by atoms with Gasteiger partial charge in [0.25, 0.3) is 0 Å². The van der Waals surface area contributed by atoms with Crippen molar-refractivity contribution < 1.29 is 19.4 Å². The number of Topliss-reactive ketones (excluding diaryl/α,β-unsaturated/α-hetero) is 1. The van der Waals surface area contributed by atoms with E-state index in [9.17, 15) is 14.7 Å². The number of nitrogens with zero attached hydrogens (tertiary/aromatic N) is 1. The minimum atomic E-state index is -2.19. The van der Waals surface area contributed by atoms with Crippen LogP contribution >= 0.6 is 0 Å². The molecule has 0 fully saturated rings. The molecule has 26 heavy (non-hydrogen) atoms. The van der Waals surface area contributed by atoms with Crippen molar-refractivity contribution in [1.82, 2.24) is 4.90 Å². The molecule has 2 unspecified atom stereocenters. The molecule has 0 saturated carbocycles. The molecule has 5 heteroatoms. The third-order valence-corrected chi connectivity index (χ3v) is 4.48. The lowest BCUT2D eigenvalue weighted by Gasteiger charge is -2.36. The van der Waals surface area contributed by atoms with E-state index in [1.54, 1.807) is 20.8 Å². The predicted molar refractivity (Wildman–Crippen MR) is 103 cm³/mol. The molecule has 1 rings (SSSR count). The van der Waals surface area contributed by atoms with Gasteiger partial charge in [0.05, 0.1) is 6.04 Å². The number of carbonyl (C=O) groups excluding carboxylic acids is 2. The minimum Gasteiger partial charge on any atom is -0.457 e. The summed E-state index contributed by atoms with van der Waals surface area (Å²) in [5.41, 5.74) is -1.90. The fourth-order valence-corrected chi connectivity index (χ4v) is 2.85. The van der Waals surface area contributed by atoms with Gasteiger partial charge in [-0.15, -0.1) is 0 Å². The molecule has 146 valence electrons. The number of aliphatic hydroxyl groups is 1. The Morgan fingerprint density at radius 3 is 2.15 bits per heavy atom. The first kappa shape index (κ1) is 22.3. The highest BCUT2D eigenvalue weighted by Gasteiger charge is 2.47. The van der Waals surface area contributed by atoms with Gasteiger partial charge in [-0.25, -0.2) is 4.79 Å². The lowest BCUT2D eigenvalue weighted by atomic mass is 9.85. The highest BCUT2D eigenvalue weighted by atomic mass is 16.6. The predicted octanol–water partition coefficient (Wildman–Crippen LogP) is 3.19. The second-order valence-electron chi connectivity index (χ2n) is 8.17. The molecular formula is C21H33NO4. The van der Waals surface area contributed by atoms with Crippen LogP contribution in [0.15, 0.2) is 30.3 Å². The van der Waals surface area contributed by atoms with Crippen molar-refractivity contribution in [2.75, 3.05) is 7.05 Å². The van der Waals surface area contributed by atoms with Crippen LogP contribution in [0.3, 0.4) is 0 Å². The SMILES string of the molecule is CCC(C)[C@@H](C(=O)C(C)(O)C(=O)OC(C)(C)C)N(C)Cc1ccccc1. The standard InChI is InChI=1S/C21H33NO4/c1-8-15(2)17(22(7)14-16-12-10-9-11-13-16)18(23)21(6,25)19(24)26-20(3,4)5/h9-13,15,17,25H,8,14H2,1-7H3/t15?,17-,21?/m0/s1. The first-order chi connectivity index (χ1) is 11.9. The maximum atomic E-state index is 13.1. The van der Waals surface area contributed by atoms with Gasteiger partial charge in [0.1, 0.15) is 5.60 Å². The Morgan fingerprint density at radius 2 is 1.69 bits per heavy atom. The van der Waals surface area contributed by atoms with Crippen LogP contribution in [0.25, 0.3) is 0 Å². The Bertz CT molecular complexity index is 604. The van der Waals surface area contributed by atoms with Gasteiger partial charge < -0.3 is 9.84 Å². The summed E-state index contributed by atoms with van der Waals surface area (Å²) >= 11 is 0. The molecule has 1 N–H and O–H groups in total. The van der Waals surface area contributed by atoms with E-state index in [0.717, 1.165) is 12.0 Å². The van der Waals surface area contributed by atoms with Crippen LogP contribution in [-0.2, 0) is 20.9 Å². The van der Waals surface area contributed by atoms with Gasteiger partial charge in [0.2, 0.25) is 5.60 Å². The Balaban J connectivity index is 3.07. The van der Waals surface area contributed by atoms with Crippen LogP contribution in [-0.4, -0.2) is 46.1 Å². The molecule has 0 aromatic heterocycles. The molecule has 0 saturated heterocycles. The number of ether oxygens (including phenoxy) is 1. The quantitative estimate of drug-likeness (QED) is 0.567. The summed E-state index contributed by atoms with van der Waals surface area (Å²) in [4.78, 5) is 27.4. The summed E-state index contributed by atoms with van der Waals surface area (Å²) in [5, 5.41) is 10.7. The van der Waals surface area contributed by atoms with Gasteiger partial charge in [0.15, 0.2) is 5.78 Å². The van der Waals surface area contributed by atoms with E-state index >= 15 is 0 Å². The minimum absolute atomic E-state index is 0.0230. The molecule has 0 radical (unpaired) electrons. The summed E-state index contributed by atoms with van der Waals surface area (Å²) < 4.78 is 5.26. The number of esters is 1. The smallest absolute Gasteiger partial charge is 0.346 e. The molecule has 0 aliphatic rings. The molecule has 0 aliphatic heterocycles. The van der Waals surface area contributed by atoms with Crippen LogP contribution in [0.5, 0.6) is 0 Å². The summed E-state index contributed by atoms with van der Waals surface area (Å²) in [7, 11) is 1.84. The molecule has 1 aromatic carbocycles. The first-order valence-electron chi connectivity index (χ1n) is 9.14. The Morgan fingerprint density at radius 1 is 1.15 bits per heavy atom. The van der Waals surface area contributed by atoms with E-state index in [2.05, 4.69) is 0 Å². The molecular weight excluding hydrogens is 330 g/mol. The number of benzene rings is 1. The van der Waals surface area contributed by atoms with Gasteiger partial charge in [0, 0.05) is 6.54 Å². The lowest BCUT2D eigenvalue weighted by molar-refractivity contribution is -0.180. The number of hydrogen-bond donors (Lipinski definition) is 1. The van der Waals surface area contributed by atoms with Crippen LogP contribution in [0.1, 0.15) is 53.5 Å². The maximum Gasteiger partial charge on any atom is 0.346 e. The zero-order valence-electron chi connectivity index (χ0n) is 17.1. The van der Waals surface area contributed by atoms with Crippen molar-refractivity contribution in [2.45, 2.75) is 71.8 Å². The van der Waals surface area contributed by atoms with Crippen molar-refractivity contribution in [3.05, 3.63) is 35.9 Å². The molecule has 0 heterocycles. The normalized spacial score (nSPS) is 16.7. The van der Waals surface area contributed by atoms with Gasteiger partial charge in [-0.1, -0.05) is 50.6 Å². The maximum absolute atomic E-state index is 13.1. The first-order valence-corrected chi connectivity index (χ1v) is 9.14. The van der Waals surface area contributed by atoms with E-state index in [0.29, 0.717) is 6.54 Å². The van der Waals surface area contributed by atoms with E-state index in [1.165, 1.54) is 6.92 Å². The fourth-order valence-electron chi connectivity index (χ4n) is 2.85. The summed E-state index contributed by atoms with van der Waals surface area (Å²) in [6.45, 7) is 10.8. The number of ketones is 1. The molecule has 0 aliphatic carbocycles. The van der Waals surface area contributed by atoms with E-state index in [-0.39, 0.29) is 5.92 Å². The topological polar surface area (TPSA) is 66.8 Å². The molecule has 3 atom stereocenters. The van der Waals surface area contributed by atoms with Gasteiger partial charge in [-0.2, -0.15) is 0 Å². The van der Waals surface area contributed by atoms with Gasteiger partial charge in [-0.3, -0.25) is 9.69 Å². The zero-order chi connectivity index (χ0) is 20.1. The average molecular weight is 363 g/mol. The average Bonchev–Trinajstić information content (AvgIpc) is 2.53. The Labute approximate surface area is 157 Å². The molecule has 0 bridgehead atoms. The number of carbonyl (C=O) groups is 2. The van der Waals surface area contributed by atoms with Gasteiger partial charge in [-0.05, 0) is 46.2 Å². The second kappa shape index (κ2) is 8.78. The number of rotatable bonds is 8. The van der Waals surface area contributed by atoms with E-state index in [4.69, 9.17) is 4.74 Å². The van der Waals surface area contributed by atoms with Crippen molar-refractivity contribution in [3.8, 4) is 0 Å². The molecule has 5 nitrogen and oxygen atoms in total. The highest BCUT2D eigenvalue weighted by molar-refractivity contribution is 6.09. The number of hydrogen-bond acceptors (Lipinski definition) is 5. The summed E-state index contributed by atoms with van der Waals surface area (Å²) in [6, 6.07) is 9.21. The van der Waals surface area contributed by atoms with Crippen LogP contribution in [0.2, 0.25) is 0 Å². The molecule has 0 spiro atoms. The Kier molecular flexibility index (Phi) is 7.54. The molecule has 0 amide bonds. The highest BCUT2D eigenvalue weighted by Crippen LogP contribution is 2.24. The number of likely N-dealkylation sites (N-methyl/N-ethyl adjacent to an activating group) is 1. The Hall–Kier alpha value is -1.72. The summed E-state index contributed by atoms with van der Waals surface area (Å²) in [5.74, 6) is -1.46. The zero-order valence-corrected chi connectivity index (χ0v) is 17.1. The van der Waals surface area contributed by atoms with Crippen LogP contribution in [0, 0.1) is 5.92 Å². The van der Waals surface area contributed by atoms with Crippen molar-refractivity contribution in [1.29, 1.82) is 0 Å². The lowest BCUT2D eigenvalue weighted by Crippen LogP contribution is -2.57. The van der Waals surface area contributed by atoms with Crippen LogP contribution in [0.4, 0.5) is 0 Å². The van der Waals surface area contributed by atoms with Crippen LogP contribution < -0.4 is 0 Å². The van der Waals surface area contributed by atoms with E-state index in [1.807, 2.05) is 56.1 Å². The largest absolute Gasteiger partial charge is 0.457 e.